The first-order valence-corrected chi connectivity index (χ1v) is 5.43. The van der Waals surface area contributed by atoms with Crippen molar-refractivity contribution in [1.29, 1.82) is 0 Å². The van der Waals surface area contributed by atoms with Crippen LogP contribution in [0.5, 0.6) is 5.75 Å². The topological polar surface area (TPSA) is 9.23 Å². The number of benzene rings is 1. The summed E-state index contributed by atoms with van der Waals surface area (Å²) >= 11 is 4.68. The Kier molecular flexibility index (Phi) is 3.99. The van der Waals surface area contributed by atoms with Gasteiger partial charge >= 0.3 is 6.61 Å². The lowest BCUT2D eigenvalue weighted by molar-refractivity contribution is -0.0503. The van der Waals surface area contributed by atoms with Crippen molar-refractivity contribution in [2.24, 2.45) is 0 Å². The van der Waals surface area contributed by atoms with Gasteiger partial charge in [-0.15, -0.1) is 11.8 Å². The molecule has 0 bridgehead atoms. The van der Waals surface area contributed by atoms with Crippen molar-refractivity contribution < 1.29 is 13.5 Å². The molecule has 1 aromatic rings. The Morgan fingerprint density at radius 2 is 2.15 bits per heavy atom. The number of hydrogen-bond donors (Lipinski definition) is 0. The highest BCUT2D eigenvalue weighted by Gasteiger charge is 2.07. The zero-order chi connectivity index (χ0) is 9.84. The second-order valence-corrected chi connectivity index (χ2v) is 3.91. The minimum absolute atomic E-state index is 0.160. The van der Waals surface area contributed by atoms with E-state index in [1.807, 2.05) is 6.26 Å². The minimum atomic E-state index is -2.78. The first-order valence-electron chi connectivity index (χ1n) is 3.42. The summed E-state index contributed by atoms with van der Waals surface area (Å²) < 4.78 is 28.5. The Morgan fingerprint density at radius 3 is 2.62 bits per heavy atom. The summed E-state index contributed by atoms with van der Waals surface area (Å²) in [6, 6.07) is 4.98. The van der Waals surface area contributed by atoms with Gasteiger partial charge in [0.05, 0.1) is 4.47 Å². The van der Waals surface area contributed by atoms with Crippen molar-refractivity contribution >= 4 is 27.7 Å². The van der Waals surface area contributed by atoms with E-state index in [0.29, 0.717) is 4.47 Å². The monoisotopic (exact) mass is 268 g/mol. The molecular weight excluding hydrogens is 262 g/mol. The fourth-order valence-corrected chi connectivity index (χ4v) is 1.86. The molecule has 0 unspecified atom stereocenters. The summed E-state index contributed by atoms with van der Waals surface area (Å²) in [5.41, 5.74) is 0. The van der Waals surface area contributed by atoms with Crippen LogP contribution in [0.2, 0.25) is 0 Å². The largest absolute Gasteiger partial charge is 0.434 e. The second kappa shape index (κ2) is 4.81. The highest BCUT2D eigenvalue weighted by Crippen LogP contribution is 2.30. The molecule has 1 nitrogen and oxygen atoms in total. The van der Waals surface area contributed by atoms with Gasteiger partial charge in [-0.1, -0.05) is 0 Å². The molecule has 0 amide bonds. The number of halogens is 3. The van der Waals surface area contributed by atoms with E-state index >= 15 is 0 Å². The maximum absolute atomic E-state index is 11.8. The molecule has 1 rings (SSSR count). The molecule has 0 spiro atoms. The van der Waals surface area contributed by atoms with E-state index in [1.54, 1.807) is 12.1 Å². The lowest BCUT2D eigenvalue weighted by Gasteiger charge is -2.07. The van der Waals surface area contributed by atoms with E-state index in [4.69, 9.17) is 0 Å². The SMILES string of the molecule is CSc1ccc(OC(F)F)c(Br)c1. The van der Waals surface area contributed by atoms with Gasteiger partial charge in [-0.05, 0) is 40.4 Å². The highest BCUT2D eigenvalue weighted by atomic mass is 79.9. The van der Waals surface area contributed by atoms with E-state index < -0.39 is 6.61 Å². The van der Waals surface area contributed by atoms with Crippen LogP contribution >= 0.6 is 27.7 Å². The summed E-state index contributed by atoms with van der Waals surface area (Å²) in [5, 5.41) is 0. The van der Waals surface area contributed by atoms with Crippen LogP contribution in [-0.4, -0.2) is 12.9 Å². The molecule has 5 heteroatoms. The van der Waals surface area contributed by atoms with Crippen molar-refractivity contribution in [3.8, 4) is 5.75 Å². The lowest BCUT2D eigenvalue weighted by Crippen LogP contribution is -2.02. The summed E-state index contributed by atoms with van der Waals surface area (Å²) in [4.78, 5) is 0.994. The molecule has 0 aromatic heterocycles. The molecule has 0 saturated carbocycles. The Hall–Kier alpha value is -0.290. The summed E-state index contributed by atoms with van der Waals surface area (Å²) in [7, 11) is 0. The molecular formula is C8H7BrF2OS. The lowest BCUT2D eigenvalue weighted by atomic mass is 10.3. The van der Waals surface area contributed by atoms with Crippen molar-refractivity contribution in [1.82, 2.24) is 0 Å². The molecule has 0 fully saturated rings. The molecule has 0 radical (unpaired) electrons. The predicted molar refractivity (Wildman–Crippen MR) is 52.6 cm³/mol. The highest BCUT2D eigenvalue weighted by molar-refractivity contribution is 9.10. The standard InChI is InChI=1S/C8H7BrF2OS/c1-13-5-2-3-7(6(9)4-5)12-8(10)11/h2-4,8H,1H3. The maximum Gasteiger partial charge on any atom is 0.387 e. The van der Waals surface area contributed by atoms with Crippen LogP contribution < -0.4 is 4.74 Å². The molecule has 13 heavy (non-hydrogen) atoms. The Balaban J connectivity index is 2.85. The van der Waals surface area contributed by atoms with Crippen LogP contribution in [0.25, 0.3) is 0 Å². The van der Waals surface area contributed by atoms with Gasteiger partial charge in [0.15, 0.2) is 0 Å². The van der Waals surface area contributed by atoms with E-state index in [-0.39, 0.29) is 5.75 Å². The zero-order valence-electron chi connectivity index (χ0n) is 6.76. The fourth-order valence-electron chi connectivity index (χ4n) is 0.800. The first-order chi connectivity index (χ1) is 6.13. The van der Waals surface area contributed by atoms with Gasteiger partial charge in [-0.2, -0.15) is 8.78 Å². The number of hydrogen-bond acceptors (Lipinski definition) is 2. The number of ether oxygens (including phenoxy) is 1. The van der Waals surface area contributed by atoms with E-state index in [2.05, 4.69) is 20.7 Å². The Labute approximate surface area is 87.6 Å². The smallest absolute Gasteiger partial charge is 0.387 e. The van der Waals surface area contributed by atoms with Crippen LogP contribution in [0.15, 0.2) is 27.6 Å². The third-order valence-corrected chi connectivity index (χ3v) is 2.70. The third kappa shape index (κ3) is 3.15. The van der Waals surface area contributed by atoms with Gasteiger partial charge in [0.2, 0.25) is 0 Å². The molecule has 0 saturated heterocycles. The third-order valence-electron chi connectivity index (χ3n) is 1.36. The molecule has 0 aliphatic rings. The van der Waals surface area contributed by atoms with Gasteiger partial charge in [-0.3, -0.25) is 0 Å². The number of alkyl halides is 2. The number of rotatable bonds is 3. The van der Waals surface area contributed by atoms with Gasteiger partial charge in [0.1, 0.15) is 5.75 Å². The summed E-state index contributed by atoms with van der Waals surface area (Å²) in [6.07, 6.45) is 1.91. The average molecular weight is 269 g/mol. The molecule has 0 heterocycles. The normalized spacial score (nSPS) is 10.5. The first kappa shape index (κ1) is 10.8. The van der Waals surface area contributed by atoms with Gasteiger partial charge in [-0.25, -0.2) is 0 Å². The molecule has 0 N–H and O–H groups in total. The van der Waals surface area contributed by atoms with Crippen LogP contribution in [0.4, 0.5) is 8.78 Å². The van der Waals surface area contributed by atoms with Crippen LogP contribution in [0.1, 0.15) is 0 Å². The van der Waals surface area contributed by atoms with Gasteiger partial charge < -0.3 is 4.74 Å². The average Bonchev–Trinajstić information content (AvgIpc) is 2.08. The minimum Gasteiger partial charge on any atom is -0.434 e. The quantitative estimate of drug-likeness (QED) is 0.772. The molecule has 0 atom stereocenters. The molecule has 0 aliphatic heterocycles. The van der Waals surface area contributed by atoms with Gasteiger partial charge in [0.25, 0.3) is 0 Å². The van der Waals surface area contributed by atoms with E-state index in [0.717, 1.165) is 4.90 Å². The van der Waals surface area contributed by atoms with Crippen molar-refractivity contribution in [2.75, 3.05) is 6.26 Å². The van der Waals surface area contributed by atoms with Crippen LogP contribution in [0.3, 0.4) is 0 Å². The van der Waals surface area contributed by atoms with E-state index in [9.17, 15) is 8.78 Å². The molecule has 0 aliphatic carbocycles. The number of thioether (sulfide) groups is 1. The second-order valence-electron chi connectivity index (χ2n) is 2.17. The predicted octanol–water partition coefficient (Wildman–Crippen LogP) is 3.77. The maximum atomic E-state index is 11.8. The molecule has 72 valence electrons. The van der Waals surface area contributed by atoms with Gasteiger partial charge in [0, 0.05) is 4.90 Å². The van der Waals surface area contributed by atoms with Crippen LogP contribution in [0, 0.1) is 0 Å². The summed E-state index contributed by atoms with van der Waals surface area (Å²) in [6.45, 7) is -2.78. The van der Waals surface area contributed by atoms with Crippen molar-refractivity contribution in [3.63, 3.8) is 0 Å². The van der Waals surface area contributed by atoms with Crippen LogP contribution in [-0.2, 0) is 0 Å². The molecule has 1 aromatic carbocycles. The Morgan fingerprint density at radius 1 is 1.46 bits per heavy atom. The van der Waals surface area contributed by atoms with E-state index in [1.165, 1.54) is 17.8 Å². The van der Waals surface area contributed by atoms with Crippen molar-refractivity contribution in [3.05, 3.63) is 22.7 Å². The fraction of sp³-hybridized carbons (Fsp3) is 0.250. The zero-order valence-corrected chi connectivity index (χ0v) is 9.16. The Bertz CT molecular complexity index is 293. The summed E-state index contributed by atoms with van der Waals surface area (Å²) in [5.74, 6) is 0.160. The van der Waals surface area contributed by atoms with Crippen molar-refractivity contribution in [2.45, 2.75) is 11.5 Å².